The topological polar surface area (TPSA) is 70.0 Å². The number of nitrogens with one attached hydrogen (secondary N) is 2. The number of hydrogen-bond donors (Lipinski definition) is 1. The van der Waals surface area contributed by atoms with Gasteiger partial charge in [-0.15, -0.1) is 0 Å². The molecular weight excluding hydrogens is 721 g/mol. The number of unbranched alkanes of at least 4 members (excludes halogenated alkanes) is 35. The van der Waals surface area contributed by atoms with Crippen LogP contribution in [0.1, 0.15) is 303 Å². The molecule has 0 heterocycles. The Kier molecular flexibility index (Phi) is 46.2. The molecule has 2 N–H and O–H groups in total. The van der Waals surface area contributed by atoms with Crippen molar-refractivity contribution in [3.05, 3.63) is 30.8 Å². The van der Waals surface area contributed by atoms with E-state index in [-0.39, 0.29) is 17.7 Å². The van der Waals surface area contributed by atoms with Crippen molar-refractivity contribution in [3.8, 4) is 0 Å². The molecule has 0 aromatic heterocycles. The molecule has 0 aliphatic rings. The summed E-state index contributed by atoms with van der Waals surface area (Å²) in [5, 5.41) is 3.04. The second-order valence-electron chi connectivity index (χ2n) is 18.6. The van der Waals surface area contributed by atoms with Crippen LogP contribution in [0.25, 0.3) is 0 Å². The second kappa shape index (κ2) is 47.5. The molecule has 0 saturated carbocycles. The minimum absolute atomic E-state index is 0.0110. The largest absolute Gasteiger partial charge is 0.350 e. The van der Waals surface area contributed by atoms with Gasteiger partial charge in [0.15, 0.2) is 0 Å². The van der Waals surface area contributed by atoms with Crippen molar-refractivity contribution in [2.45, 2.75) is 303 Å². The minimum Gasteiger partial charge on any atom is -0.350 e. The lowest BCUT2D eigenvalue weighted by Gasteiger charge is -2.33. The van der Waals surface area contributed by atoms with Crippen LogP contribution in [0.3, 0.4) is 0 Å². The van der Waals surface area contributed by atoms with Crippen LogP contribution in [0.4, 0.5) is 0 Å². The molecule has 0 saturated heterocycles. The third-order valence-electron chi connectivity index (χ3n) is 12.8. The van der Waals surface area contributed by atoms with Crippen molar-refractivity contribution in [1.82, 2.24) is 11.1 Å². The van der Waals surface area contributed by atoms with Gasteiger partial charge in [0.1, 0.15) is 0 Å². The van der Waals surface area contributed by atoms with Crippen molar-refractivity contribution in [3.63, 3.8) is 0 Å². The molecule has 0 aliphatic heterocycles. The number of rotatable bonds is 49. The highest BCUT2D eigenvalue weighted by atomic mass is 16.2. The Morgan fingerprint density at radius 1 is 0.373 bits per heavy atom. The molecule has 4 heteroatoms. The molecule has 0 spiro atoms. The highest BCUT2D eigenvalue weighted by Gasteiger charge is 2.36. The molecule has 0 bridgehead atoms. The number of allylic oxidation sites excluding steroid dienone is 4. The maximum Gasteiger partial charge on any atom is 0.240 e. The molecule has 4 nitrogen and oxygen atoms in total. The highest BCUT2D eigenvalue weighted by molar-refractivity contribution is 5.84. The molecule has 0 aliphatic carbocycles. The van der Waals surface area contributed by atoms with Gasteiger partial charge in [0.25, 0.3) is 0 Å². The van der Waals surface area contributed by atoms with Gasteiger partial charge < -0.3 is 5.32 Å². The first kappa shape index (κ1) is 57.4. The molecule has 0 aromatic carbocycles. The molecule has 0 fully saturated rings. The first-order valence-corrected chi connectivity index (χ1v) is 26.7. The Bertz CT molecular complexity index is 884. The summed E-state index contributed by atoms with van der Waals surface area (Å²) < 4.78 is 0. The van der Waals surface area contributed by atoms with E-state index in [9.17, 15) is 9.59 Å². The molecule has 0 atom stereocenters. The summed E-state index contributed by atoms with van der Waals surface area (Å²) in [6, 6.07) is 0. The van der Waals surface area contributed by atoms with E-state index in [0.29, 0.717) is 0 Å². The smallest absolute Gasteiger partial charge is 0.240 e. The molecule has 0 aromatic rings. The van der Waals surface area contributed by atoms with Crippen molar-refractivity contribution in [2.24, 2.45) is 5.41 Å². The molecule has 2 radical (unpaired) electrons. The fraction of sp³-hybridized carbons (Fsp3) is 0.873. The SMILES string of the molecule is CCCCCCCC/C=C\CCCCCCCCC(CCCCCCCC/C=C\CCCCCCCC)(CCCCCCCCCCCCCC)C(=O)N[CH]CC([NH])=O. The van der Waals surface area contributed by atoms with E-state index in [0.717, 1.165) is 38.5 Å². The van der Waals surface area contributed by atoms with Crippen molar-refractivity contribution < 1.29 is 9.59 Å². The van der Waals surface area contributed by atoms with Crippen LogP contribution in [0.5, 0.6) is 0 Å². The van der Waals surface area contributed by atoms with Gasteiger partial charge >= 0.3 is 0 Å². The Balaban J connectivity index is 4.87. The Morgan fingerprint density at radius 3 is 0.864 bits per heavy atom. The monoisotopic (exact) mass is 825 g/mol. The van der Waals surface area contributed by atoms with E-state index in [2.05, 4.69) is 50.4 Å². The second-order valence-corrected chi connectivity index (χ2v) is 18.6. The fourth-order valence-electron chi connectivity index (χ4n) is 8.83. The van der Waals surface area contributed by atoms with Crippen LogP contribution in [0.2, 0.25) is 0 Å². The average molecular weight is 825 g/mol. The molecule has 59 heavy (non-hydrogen) atoms. The van der Waals surface area contributed by atoms with Crippen LogP contribution in [0.15, 0.2) is 24.3 Å². The third kappa shape index (κ3) is 41.5. The molecule has 0 unspecified atom stereocenters. The number of carbonyl (C=O) groups excluding carboxylic acids is 2. The summed E-state index contributed by atoms with van der Waals surface area (Å²) in [5.41, 5.74) is 7.01. The van der Waals surface area contributed by atoms with Crippen molar-refractivity contribution in [1.29, 1.82) is 0 Å². The predicted molar refractivity (Wildman–Crippen MR) is 261 cm³/mol. The van der Waals surface area contributed by atoms with Crippen LogP contribution < -0.4 is 11.1 Å². The summed E-state index contributed by atoms with van der Waals surface area (Å²) in [4.78, 5) is 25.5. The van der Waals surface area contributed by atoms with E-state index in [1.165, 1.54) is 238 Å². The van der Waals surface area contributed by atoms with Crippen LogP contribution >= 0.6 is 0 Å². The van der Waals surface area contributed by atoms with Gasteiger partial charge in [0, 0.05) is 5.41 Å². The average Bonchev–Trinajstić information content (AvgIpc) is 3.23. The maximum absolute atomic E-state index is 14.0. The first-order valence-electron chi connectivity index (χ1n) is 26.7. The van der Waals surface area contributed by atoms with Gasteiger partial charge in [0.05, 0.1) is 13.0 Å². The van der Waals surface area contributed by atoms with Crippen molar-refractivity contribution >= 4 is 11.8 Å². The zero-order valence-electron chi connectivity index (χ0n) is 40.3. The lowest BCUT2D eigenvalue weighted by atomic mass is 9.73. The summed E-state index contributed by atoms with van der Waals surface area (Å²) in [6.45, 7) is 8.41. The lowest BCUT2D eigenvalue weighted by Crippen LogP contribution is -2.40. The zero-order valence-corrected chi connectivity index (χ0v) is 40.3. The summed E-state index contributed by atoms with van der Waals surface area (Å²) >= 11 is 0. The third-order valence-corrected chi connectivity index (χ3v) is 12.8. The molecule has 2 amide bonds. The van der Waals surface area contributed by atoms with E-state index >= 15 is 0 Å². The first-order chi connectivity index (χ1) is 29.0. The minimum atomic E-state index is -0.640. The maximum atomic E-state index is 14.0. The number of hydrogen-bond acceptors (Lipinski definition) is 2. The summed E-state index contributed by atoms with van der Waals surface area (Å²) in [7, 11) is 0. The van der Waals surface area contributed by atoms with Gasteiger partial charge in [-0.25, -0.2) is 0 Å². The normalized spacial score (nSPS) is 12.1. The number of carbonyl (C=O) groups is 2. The highest BCUT2D eigenvalue weighted by Crippen LogP contribution is 2.38. The predicted octanol–water partition coefficient (Wildman–Crippen LogP) is 18.4. The van der Waals surface area contributed by atoms with E-state index in [1.54, 1.807) is 6.54 Å². The van der Waals surface area contributed by atoms with E-state index in [1.807, 2.05) is 0 Å². The fourth-order valence-corrected chi connectivity index (χ4v) is 8.83. The van der Waals surface area contributed by atoms with Crippen LogP contribution in [-0.4, -0.2) is 11.8 Å². The number of amides is 2. The van der Waals surface area contributed by atoms with Gasteiger partial charge in [-0.1, -0.05) is 251 Å². The summed E-state index contributed by atoms with van der Waals surface area (Å²) in [6.07, 6.45) is 64.7. The van der Waals surface area contributed by atoms with Crippen LogP contribution in [0, 0.1) is 12.0 Å². The van der Waals surface area contributed by atoms with Crippen molar-refractivity contribution in [2.75, 3.05) is 0 Å². The van der Waals surface area contributed by atoms with Gasteiger partial charge in [0.2, 0.25) is 11.8 Å². The zero-order chi connectivity index (χ0) is 43.0. The Hall–Kier alpha value is -1.58. The quantitative estimate of drug-likeness (QED) is 0.0490. The molecular formula is C55H104N2O2. The van der Waals surface area contributed by atoms with E-state index < -0.39 is 5.91 Å². The van der Waals surface area contributed by atoms with Gasteiger partial charge in [-0.05, 0) is 70.6 Å². The van der Waals surface area contributed by atoms with E-state index in [4.69, 9.17) is 5.73 Å². The molecule has 346 valence electrons. The van der Waals surface area contributed by atoms with Gasteiger partial charge in [-0.2, -0.15) is 0 Å². The van der Waals surface area contributed by atoms with Gasteiger partial charge in [-0.3, -0.25) is 15.3 Å². The van der Waals surface area contributed by atoms with Crippen LogP contribution in [-0.2, 0) is 9.59 Å². The summed E-state index contributed by atoms with van der Waals surface area (Å²) in [5.74, 6) is -0.527. The standard InChI is InChI=1S/C55H104N2O2/c1-4-7-10-13-16-19-22-25-27-29-31-34-37-40-43-46-50-55(54(59)57-52-48-53(56)58,49-45-42-39-36-33-24-21-18-15-12-9-6-3)51-47-44-41-38-35-32-30-28-26-23-20-17-14-11-8-5-2/h25-28,52,56H,4-24,29-51H2,1-3H3,(H,57,59)/b27-25-,28-26-. The Morgan fingerprint density at radius 2 is 0.610 bits per heavy atom. The lowest BCUT2D eigenvalue weighted by molar-refractivity contribution is -0.132. The Labute approximate surface area is 370 Å². The molecule has 0 rings (SSSR count).